The van der Waals surface area contributed by atoms with Crippen LogP contribution in [0.15, 0.2) is 53.1 Å². The van der Waals surface area contributed by atoms with Crippen LogP contribution in [0.25, 0.3) is 10.9 Å². The molecule has 1 aromatic heterocycles. The highest BCUT2D eigenvalue weighted by Gasteiger charge is 2.17. The topological polar surface area (TPSA) is 34.0 Å². The summed E-state index contributed by atoms with van der Waals surface area (Å²) in [5.41, 5.74) is 2.32. The van der Waals surface area contributed by atoms with E-state index in [2.05, 4.69) is 21.2 Å². The fourth-order valence-corrected chi connectivity index (χ4v) is 3.04. The second-order valence-corrected chi connectivity index (χ2v) is 6.48. The predicted octanol–water partition coefficient (Wildman–Crippen LogP) is 4.57. The van der Waals surface area contributed by atoms with E-state index in [-0.39, 0.29) is 17.8 Å². The van der Waals surface area contributed by atoms with E-state index in [0.29, 0.717) is 5.56 Å². The SMILES string of the molecule is CC(NC(=O)c1cn(C)c2ccc(Br)cc12)c1cccc(F)c1. The second-order valence-electron chi connectivity index (χ2n) is 5.57. The van der Waals surface area contributed by atoms with E-state index in [1.165, 1.54) is 12.1 Å². The molecule has 1 unspecified atom stereocenters. The van der Waals surface area contributed by atoms with Crippen LogP contribution in [-0.4, -0.2) is 10.5 Å². The van der Waals surface area contributed by atoms with E-state index >= 15 is 0 Å². The van der Waals surface area contributed by atoms with Gasteiger partial charge in [0.15, 0.2) is 0 Å². The minimum Gasteiger partial charge on any atom is -0.350 e. The zero-order valence-corrected chi connectivity index (χ0v) is 14.4. The van der Waals surface area contributed by atoms with Gasteiger partial charge in [-0.2, -0.15) is 0 Å². The monoisotopic (exact) mass is 374 g/mol. The van der Waals surface area contributed by atoms with Crippen molar-refractivity contribution in [2.24, 2.45) is 7.05 Å². The van der Waals surface area contributed by atoms with Crippen LogP contribution in [0.3, 0.4) is 0 Å². The summed E-state index contributed by atoms with van der Waals surface area (Å²) in [6.07, 6.45) is 1.81. The van der Waals surface area contributed by atoms with Crippen molar-refractivity contribution in [3.05, 3.63) is 70.1 Å². The number of benzene rings is 2. The highest BCUT2D eigenvalue weighted by Crippen LogP contribution is 2.25. The van der Waals surface area contributed by atoms with Gasteiger partial charge < -0.3 is 9.88 Å². The third-order valence-electron chi connectivity index (χ3n) is 3.89. The Labute approximate surface area is 142 Å². The molecule has 23 heavy (non-hydrogen) atoms. The number of nitrogens with one attached hydrogen (secondary N) is 1. The Morgan fingerprint density at radius 2 is 2.04 bits per heavy atom. The van der Waals surface area contributed by atoms with Gasteiger partial charge in [0, 0.05) is 28.6 Å². The maximum absolute atomic E-state index is 13.3. The number of fused-ring (bicyclic) bond motifs is 1. The van der Waals surface area contributed by atoms with Crippen molar-refractivity contribution in [3.8, 4) is 0 Å². The third kappa shape index (κ3) is 3.15. The fourth-order valence-electron chi connectivity index (χ4n) is 2.68. The van der Waals surface area contributed by atoms with E-state index in [1.54, 1.807) is 12.1 Å². The van der Waals surface area contributed by atoms with Gasteiger partial charge in [-0.1, -0.05) is 28.1 Å². The molecule has 1 amide bonds. The predicted molar refractivity (Wildman–Crippen MR) is 92.9 cm³/mol. The zero-order chi connectivity index (χ0) is 16.6. The average molecular weight is 375 g/mol. The van der Waals surface area contributed by atoms with Crippen LogP contribution < -0.4 is 5.32 Å². The van der Waals surface area contributed by atoms with Gasteiger partial charge in [-0.15, -0.1) is 0 Å². The Balaban J connectivity index is 1.90. The minimum absolute atomic E-state index is 0.175. The molecule has 0 radical (unpaired) electrons. The average Bonchev–Trinajstić information content (AvgIpc) is 2.83. The molecule has 0 aliphatic carbocycles. The van der Waals surface area contributed by atoms with Crippen LogP contribution >= 0.6 is 15.9 Å². The summed E-state index contributed by atoms with van der Waals surface area (Å²) in [5, 5.41) is 3.81. The van der Waals surface area contributed by atoms with Gasteiger partial charge in [-0.25, -0.2) is 4.39 Å². The maximum Gasteiger partial charge on any atom is 0.253 e. The molecule has 1 N–H and O–H groups in total. The van der Waals surface area contributed by atoms with Gasteiger partial charge in [0.05, 0.1) is 11.6 Å². The number of hydrogen-bond acceptors (Lipinski definition) is 1. The molecule has 118 valence electrons. The van der Waals surface area contributed by atoms with Gasteiger partial charge in [0.1, 0.15) is 5.82 Å². The molecule has 2 aromatic carbocycles. The van der Waals surface area contributed by atoms with Gasteiger partial charge in [-0.3, -0.25) is 4.79 Å². The summed E-state index contributed by atoms with van der Waals surface area (Å²) in [7, 11) is 1.91. The molecular weight excluding hydrogens is 359 g/mol. The maximum atomic E-state index is 13.3. The van der Waals surface area contributed by atoms with Crippen molar-refractivity contribution >= 4 is 32.7 Å². The lowest BCUT2D eigenvalue weighted by atomic mass is 10.1. The highest BCUT2D eigenvalue weighted by atomic mass is 79.9. The summed E-state index contributed by atoms with van der Waals surface area (Å²) < 4.78 is 16.2. The number of rotatable bonds is 3. The van der Waals surface area contributed by atoms with Crippen LogP contribution in [-0.2, 0) is 7.05 Å². The van der Waals surface area contributed by atoms with Crippen molar-refractivity contribution in [3.63, 3.8) is 0 Å². The summed E-state index contributed by atoms with van der Waals surface area (Å²) in [4.78, 5) is 12.6. The first-order chi connectivity index (χ1) is 11.0. The Kier molecular flexibility index (Phi) is 4.22. The summed E-state index contributed by atoms with van der Waals surface area (Å²) in [6, 6.07) is 11.8. The lowest BCUT2D eigenvalue weighted by Gasteiger charge is -2.14. The standard InChI is InChI=1S/C18H16BrFN2O/c1-11(12-4-3-5-14(20)8-12)21-18(23)16-10-22(2)17-7-6-13(19)9-15(16)17/h3-11H,1-2H3,(H,21,23). The fraction of sp³-hybridized carbons (Fsp3) is 0.167. The number of carbonyl (C=O) groups is 1. The molecule has 0 bridgehead atoms. The molecule has 5 heteroatoms. The third-order valence-corrected chi connectivity index (χ3v) is 4.39. The largest absolute Gasteiger partial charge is 0.350 e. The number of halogens is 2. The molecule has 0 spiro atoms. The van der Waals surface area contributed by atoms with Crippen LogP contribution in [0, 0.1) is 5.82 Å². The van der Waals surface area contributed by atoms with Gasteiger partial charge >= 0.3 is 0 Å². The molecule has 0 aliphatic heterocycles. The lowest BCUT2D eigenvalue weighted by Crippen LogP contribution is -2.26. The minimum atomic E-state index is -0.308. The summed E-state index contributed by atoms with van der Waals surface area (Å²) in [6.45, 7) is 1.84. The molecule has 0 saturated heterocycles. The summed E-state index contributed by atoms with van der Waals surface area (Å²) in [5.74, 6) is -0.483. The molecule has 3 rings (SSSR count). The molecule has 0 aliphatic rings. The van der Waals surface area contributed by atoms with Crippen molar-refractivity contribution in [2.75, 3.05) is 0 Å². The molecule has 0 saturated carbocycles. The van der Waals surface area contributed by atoms with E-state index in [0.717, 1.165) is 20.9 Å². The molecular formula is C18H16BrFN2O. The van der Waals surface area contributed by atoms with E-state index < -0.39 is 0 Å². The van der Waals surface area contributed by atoms with Crippen LogP contribution in [0.1, 0.15) is 28.9 Å². The van der Waals surface area contributed by atoms with Gasteiger partial charge in [0.2, 0.25) is 0 Å². The smallest absolute Gasteiger partial charge is 0.253 e. The van der Waals surface area contributed by atoms with Crippen molar-refractivity contribution in [1.82, 2.24) is 9.88 Å². The number of nitrogens with zero attached hydrogens (tertiary/aromatic N) is 1. The molecule has 3 aromatic rings. The molecule has 3 nitrogen and oxygen atoms in total. The molecule has 0 fully saturated rings. The Morgan fingerprint density at radius 3 is 2.78 bits per heavy atom. The number of carbonyl (C=O) groups excluding carboxylic acids is 1. The number of aromatic nitrogens is 1. The Bertz CT molecular complexity index is 888. The molecule has 1 heterocycles. The van der Waals surface area contributed by atoms with Crippen LogP contribution in [0.5, 0.6) is 0 Å². The number of amides is 1. The van der Waals surface area contributed by atoms with Crippen molar-refractivity contribution < 1.29 is 9.18 Å². The first-order valence-electron chi connectivity index (χ1n) is 7.26. The number of hydrogen-bond donors (Lipinski definition) is 1. The lowest BCUT2D eigenvalue weighted by molar-refractivity contribution is 0.0941. The number of aryl methyl sites for hydroxylation is 1. The van der Waals surface area contributed by atoms with E-state index in [9.17, 15) is 9.18 Å². The Hall–Kier alpha value is -2.14. The van der Waals surface area contributed by atoms with Crippen molar-refractivity contribution in [2.45, 2.75) is 13.0 Å². The molecule has 1 atom stereocenters. The van der Waals surface area contributed by atoms with Crippen LogP contribution in [0.4, 0.5) is 4.39 Å². The van der Waals surface area contributed by atoms with Crippen LogP contribution in [0.2, 0.25) is 0 Å². The zero-order valence-electron chi connectivity index (χ0n) is 12.8. The van der Waals surface area contributed by atoms with Gasteiger partial charge in [0.25, 0.3) is 5.91 Å². The highest BCUT2D eigenvalue weighted by molar-refractivity contribution is 9.10. The Morgan fingerprint density at radius 1 is 1.26 bits per heavy atom. The van der Waals surface area contributed by atoms with E-state index in [1.807, 2.05) is 42.9 Å². The first-order valence-corrected chi connectivity index (χ1v) is 8.06. The van der Waals surface area contributed by atoms with Gasteiger partial charge in [-0.05, 0) is 42.8 Å². The quantitative estimate of drug-likeness (QED) is 0.715. The second kappa shape index (κ2) is 6.16. The first kappa shape index (κ1) is 15.7. The summed E-state index contributed by atoms with van der Waals surface area (Å²) >= 11 is 3.44. The normalized spacial score (nSPS) is 12.3. The van der Waals surface area contributed by atoms with Crippen molar-refractivity contribution in [1.29, 1.82) is 0 Å². The van der Waals surface area contributed by atoms with E-state index in [4.69, 9.17) is 0 Å².